The van der Waals surface area contributed by atoms with E-state index in [1.807, 2.05) is 0 Å². The number of benzene rings is 1. The van der Waals surface area contributed by atoms with Crippen LogP contribution in [0.4, 0.5) is 0 Å². The molecule has 8 heteroatoms. The molecule has 0 atom stereocenters. The number of ether oxygens (including phenoxy) is 1. The Labute approximate surface area is 141 Å². The molecule has 24 heavy (non-hydrogen) atoms. The topological polar surface area (TPSA) is 101 Å². The first-order valence-corrected chi connectivity index (χ1v) is 9.13. The molecule has 7 nitrogen and oxygen atoms in total. The molecule has 0 heterocycles. The van der Waals surface area contributed by atoms with Gasteiger partial charge in [0, 0.05) is 6.54 Å². The van der Waals surface area contributed by atoms with Crippen molar-refractivity contribution in [2.45, 2.75) is 36.5 Å². The van der Waals surface area contributed by atoms with Crippen LogP contribution in [0.2, 0.25) is 0 Å². The standard InChI is InChI=1S/C16H21NO6S/c1-3-10-17(11-14(18)19)24(21,22)13-6-4-12(5-7-13)16(8-9-16)15(20)23-2/h4-7H,3,8-11H2,1-2H3,(H,18,19). The van der Waals surface area contributed by atoms with Gasteiger partial charge in [-0.2, -0.15) is 4.31 Å². The molecule has 0 spiro atoms. The number of esters is 1. The Morgan fingerprint density at radius 1 is 1.25 bits per heavy atom. The lowest BCUT2D eigenvalue weighted by Gasteiger charge is -2.20. The second kappa shape index (κ2) is 6.90. The van der Waals surface area contributed by atoms with Crippen LogP contribution in [-0.4, -0.2) is 50.0 Å². The van der Waals surface area contributed by atoms with Gasteiger partial charge in [-0.05, 0) is 37.0 Å². The van der Waals surface area contributed by atoms with Crippen molar-refractivity contribution in [3.8, 4) is 0 Å². The molecule has 2 rings (SSSR count). The SMILES string of the molecule is CCCN(CC(=O)O)S(=O)(=O)c1ccc(C2(C(=O)OC)CC2)cc1. The maximum absolute atomic E-state index is 12.6. The first-order chi connectivity index (χ1) is 11.3. The highest BCUT2D eigenvalue weighted by Crippen LogP contribution is 2.49. The van der Waals surface area contributed by atoms with Crippen LogP contribution in [-0.2, 0) is 29.8 Å². The smallest absolute Gasteiger partial charge is 0.318 e. The third-order valence-corrected chi connectivity index (χ3v) is 6.01. The molecule has 1 saturated carbocycles. The number of sulfonamides is 1. The van der Waals surface area contributed by atoms with Crippen LogP contribution in [0.3, 0.4) is 0 Å². The number of aliphatic carboxylic acids is 1. The van der Waals surface area contributed by atoms with Crippen molar-refractivity contribution in [3.05, 3.63) is 29.8 Å². The van der Waals surface area contributed by atoms with Gasteiger partial charge < -0.3 is 9.84 Å². The molecular weight excluding hydrogens is 334 g/mol. The van der Waals surface area contributed by atoms with E-state index in [2.05, 4.69) is 0 Å². The molecular formula is C16H21NO6S. The first kappa shape index (κ1) is 18.4. The Balaban J connectivity index is 2.29. The number of carbonyl (C=O) groups excluding carboxylic acids is 1. The summed E-state index contributed by atoms with van der Waals surface area (Å²) in [5.41, 5.74) is 0.0508. The number of hydrogen-bond donors (Lipinski definition) is 1. The van der Waals surface area contributed by atoms with E-state index in [1.54, 1.807) is 19.1 Å². The van der Waals surface area contributed by atoms with E-state index in [-0.39, 0.29) is 17.4 Å². The Bertz CT molecular complexity index is 721. The lowest BCUT2D eigenvalue weighted by atomic mass is 9.96. The maximum Gasteiger partial charge on any atom is 0.318 e. The van der Waals surface area contributed by atoms with Crippen LogP contribution in [0, 0.1) is 0 Å². The second-order valence-corrected chi connectivity index (χ2v) is 7.77. The molecule has 0 bridgehead atoms. The van der Waals surface area contributed by atoms with Crippen molar-refractivity contribution in [1.82, 2.24) is 4.31 Å². The number of hydrogen-bond acceptors (Lipinski definition) is 5. The lowest BCUT2D eigenvalue weighted by molar-refractivity contribution is -0.143. The van der Waals surface area contributed by atoms with Crippen LogP contribution in [0.15, 0.2) is 29.2 Å². The van der Waals surface area contributed by atoms with Crippen LogP contribution < -0.4 is 0 Å². The molecule has 0 aliphatic heterocycles. The highest BCUT2D eigenvalue weighted by Gasteiger charge is 2.52. The fraction of sp³-hybridized carbons (Fsp3) is 0.500. The third kappa shape index (κ3) is 3.44. The van der Waals surface area contributed by atoms with Gasteiger partial charge in [-0.25, -0.2) is 8.42 Å². The van der Waals surface area contributed by atoms with Crippen molar-refractivity contribution in [2.24, 2.45) is 0 Å². The van der Waals surface area contributed by atoms with E-state index in [9.17, 15) is 18.0 Å². The number of carboxylic acids is 1. The Kier molecular flexibility index (Phi) is 5.29. The summed E-state index contributed by atoms with van der Waals surface area (Å²) in [5.74, 6) is -1.53. The summed E-state index contributed by atoms with van der Waals surface area (Å²) in [6.07, 6.45) is 1.86. The van der Waals surface area contributed by atoms with E-state index in [0.29, 0.717) is 24.8 Å². The summed E-state index contributed by atoms with van der Waals surface area (Å²) in [4.78, 5) is 22.8. The minimum absolute atomic E-state index is 0.0154. The Hall–Kier alpha value is -1.93. The van der Waals surface area contributed by atoms with Crippen LogP contribution in [0.25, 0.3) is 0 Å². The van der Waals surface area contributed by atoms with Crippen molar-refractivity contribution in [2.75, 3.05) is 20.2 Å². The van der Waals surface area contributed by atoms with Crippen LogP contribution in [0.1, 0.15) is 31.7 Å². The van der Waals surface area contributed by atoms with Crippen LogP contribution >= 0.6 is 0 Å². The number of carboxylic acid groups (broad SMARTS) is 1. The zero-order valence-corrected chi connectivity index (χ0v) is 14.5. The van der Waals surface area contributed by atoms with Gasteiger partial charge >= 0.3 is 11.9 Å². The van der Waals surface area contributed by atoms with Gasteiger partial charge in [-0.1, -0.05) is 19.1 Å². The van der Waals surface area contributed by atoms with Gasteiger partial charge in [0.15, 0.2) is 0 Å². The number of carbonyl (C=O) groups is 2. The monoisotopic (exact) mass is 355 g/mol. The third-order valence-electron chi connectivity index (χ3n) is 4.16. The summed E-state index contributed by atoms with van der Waals surface area (Å²) in [6.45, 7) is 1.33. The van der Waals surface area contributed by atoms with Gasteiger partial charge in [-0.15, -0.1) is 0 Å². The molecule has 0 unspecified atom stereocenters. The summed E-state index contributed by atoms with van der Waals surface area (Å²) in [7, 11) is -2.56. The molecule has 0 amide bonds. The molecule has 132 valence electrons. The van der Waals surface area contributed by atoms with Crippen molar-refractivity contribution >= 4 is 22.0 Å². The predicted molar refractivity (Wildman–Crippen MR) is 86.1 cm³/mol. The summed E-state index contributed by atoms with van der Waals surface area (Å²) in [5, 5.41) is 8.91. The molecule has 0 aromatic heterocycles. The average molecular weight is 355 g/mol. The fourth-order valence-corrected chi connectivity index (χ4v) is 4.19. The van der Waals surface area contributed by atoms with Crippen LogP contribution in [0.5, 0.6) is 0 Å². The molecule has 1 aromatic carbocycles. The van der Waals surface area contributed by atoms with Gasteiger partial charge in [0.25, 0.3) is 0 Å². The number of nitrogens with zero attached hydrogens (tertiary/aromatic N) is 1. The minimum Gasteiger partial charge on any atom is -0.480 e. The van der Waals surface area contributed by atoms with Gasteiger partial charge in [0.05, 0.1) is 17.4 Å². The lowest BCUT2D eigenvalue weighted by Crippen LogP contribution is -2.36. The first-order valence-electron chi connectivity index (χ1n) is 7.69. The number of rotatable bonds is 8. The summed E-state index contributed by atoms with van der Waals surface area (Å²) in [6, 6.07) is 6.03. The van der Waals surface area contributed by atoms with E-state index < -0.39 is 28.0 Å². The number of methoxy groups -OCH3 is 1. The zero-order chi connectivity index (χ0) is 18.0. The molecule has 1 aromatic rings. The van der Waals surface area contributed by atoms with Crippen molar-refractivity contribution in [3.63, 3.8) is 0 Å². The van der Waals surface area contributed by atoms with Gasteiger partial charge in [0.2, 0.25) is 10.0 Å². The highest BCUT2D eigenvalue weighted by molar-refractivity contribution is 7.89. The molecule has 1 aliphatic carbocycles. The zero-order valence-electron chi connectivity index (χ0n) is 13.7. The highest BCUT2D eigenvalue weighted by atomic mass is 32.2. The normalized spacial score (nSPS) is 16.0. The maximum atomic E-state index is 12.6. The minimum atomic E-state index is -3.89. The Morgan fingerprint density at radius 2 is 1.83 bits per heavy atom. The molecule has 1 aliphatic rings. The Morgan fingerprint density at radius 3 is 2.25 bits per heavy atom. The average Bonchev–Trinajstić information content (AvgIpc) is 3.35. The molecule has 0 saturated heterocycles. The van der Waals surface area contributed by atoms with E-state index in [0.717, 1.165) is 4.31 Å². The summed E-state index contributed by atoms with van der Waals surface area (Å²) < 4.78 is 30.9. The fourth-order valence-electron chi connectivity index (χ4n) is 2.71. The largest absolute Gasteiger partial charge is 0.480 e. The van der Waals surface area contributed by atoms with E-state index in [4.69, 9.17) is 9.84 Å². The van der Waals surface area contributed by atoms with Crippen molar-refractivity contribution < 1.29 is 27.9 Å². The van der Waals surface area contributed by atoms with Gasteiger partial charge in [0.1, 0.15) is 6.54 Å². The van der Waals surface area contributed by atoms with Crippen molar-refractivity contribution in [1.29, 1.82) is 0 Å². The van der Waals surface area contributed by atoms with E-state index >= 15 is 0 Å². The quantitative estimate of drug-likeness (QED) is 0.707. The molecule has 1 fully saturated rings. The predicted octanol–water partition coefficient (Wildman–Crippen LogP) is 1.38. The molecule has 1 N–H and O–H groups in total. The molecule has 0 radical (unpaired) electrons. The van der Waals surface area contributed by atoms with E-state index in [1.165, 1.54) is 19.2 Å². The summed E-state index contributed by atoms with van der Waals surface area (Å²) >= 11 is 0. The van der Waals surface area contributed by atoms with Gasteiger partial charge in [-0.3, -0.25) is 9.59 Å². The second-order valence-electron chi connectivity index (χ2n) is 5.83.